The summed E-state index contributed by atoms with van der Waals surface area (Å²) in [6.07, 6.45) is 2.66. The fraction of sp³-hybridized carbons (Fsp3) is 0.579. The Hall–Kier alpha value is -1.99. The molecule has 2 aliphatic heterocycles. The topological polar surface area (TPSA) is 77.1 Å². The Morgan fingerprint density at radius 1 is 1.15 bits per heavy atom. The molecule has 2 heterocycles. The molecule has 3 rings (SSSR count). The number of piperidine rings is 1. The lowest BCUT2D eigenvalue weighted by molar-refractivity contribution is -0.143. The predicted octanol–water partition coefficient (Wildman–Crippen LogP) is 2.71. The Morgan fingerprint density at radius 2 is 1.85 bits per heavy atom. The zero-order chi connectivity index (χ0) is 19.4. The first kappa shape index (κ1) is 19.8. The largest absolute Gasteiger partial charge is 0.495 e. The lowest BCUT2D eigenvalue weighted by Gasteiger charge is -2.32. The molecule has 1 unspecified atom stereocenters. The molecule has 1 aromatic carbocycles. The Morgan fingerprint density at radius 3 is 2.44 bits per heavy atom. The van der Waals surface area contributed by atoms with Crippen molar-refractivity contribution < 1.29 is 23.8 Å². The van der Waals surface area contributed by atoms with Gasteiger partial charge in [-0.2, -0.15) is 0 Å². The highest BCUT2D eigenvalue weighted by atomic mass is 35.5. The smallest absolute Gasteiger partial charge is 0.251 e. The number of nitrogens with one attached hydrogen (secondary N) is 1. The minimum Gasteiger partial charge on any atom is -0.495 e. The average Bonchev–Trinajstić information content (AvgIpc) is 3.23. The molecule has 2 fully saturated rings. The molecule has 1 N–H and O–H groups in total. The molecule has 0 radical (unpaired) electrons. The molecule has 1 aromatic rings. The third kappa shape index (κ3) is 4.47. The summed E-state index contributed by atoms with van der Waals surface area (Å²) in [6.45, 7) is 1.79. The summed E-state index contributed by atoms with van der Waals surface area (Å²) in [7, 11) is 3.03. The highest BCUT2D eigenvalue weighted by Crippen LogP contribution is 2.36. The summed E-state index contributed by atoms with van der Waals surface area (Å²) in [5.41, 5.74) is 0.515. The van der Waals surface area contributed by atoms with E-state index in [1.807, 2.05) is 4.90 Å². The number of ether oxygens (including phenoxy) is 3. The van der Waals surface area contributed by atoms with E-state index < -0.39 is 0 Å². The van der Waals surface area contributed by atoms with Gasteiger partial charge in [0, 0.05) is 37.7 Å². The van der Waals surface area contributed by atoms with E-state index in [2.05, 4.69) is 5.32 Å². The Labute approximate surface area is 163 Å². The second-order valence-corrected chi connectivity index (χ2v) is 7.18. The van der Waals surface area contributed by atoms with Crippen molar-refractivity contribution in [2.45, 2.75) is 31.8 Å². The van der Waals surface area contributed by atoms with Crippen LogP contribution in [-0.2, 0) is 14.3 Å². The SMILES string of the molecule is COc1cc(NC(=O)C2CCN(C(=O)C3CCCO3)CC2)c(OC)cc1Cl. The quantitative estimate of drug-likeness (QED) is 0.828. The highest BCUT2D eigenvalue weighted by Gasteiger charge is 2.33. The number of carbonyl (C=O) groups excluding carboxylic acids is 2. The van der Waals surface area contributed by atoms with Crippen LogP contribution in [0.5, 0.6) is 11.5 Å². The van der Waals surface area contributed by atoms with Crippen molar-refractivity contribution in [3.8, 4) is 11.5 Å². The standard InChI is InChI=1S/C19H25ClN2O5/c1-25-16-11-14(17(26-2)10-13(16)20)21-18(23)12-5-7-22(8-6-12)19(24)15-4-3-9-27-15/h10-12,15H,3-9H2,1-2H3,(H,21,23). The van der Waals surface area contributed by atoms with Crippen LogP contribution >= 0.6 is 11.6 Å². The van der Waals surface area contributed by atoms with Gasteiger partial charge in [-0.05, 0) is 25.7 Å². The second kappa shape index (κ2) is 8.80. The number of benzene rings is 1. The average molecular weight is 397 g/mol. The monoisotopic (exact) mass is 396 g/mol. The molecule has 7 nitrogen and oxygen atoms in total. The van der Waals surface area contributed by atoms with Gasteiger partial charge in [-0.15, -0.1) is 0 Å². The number of halogens is 1. The molecule has 2 saturated heterocycles. The van der Waals surface area contributed by atoms with Gasteiger partial charge in [0.25, 0.3) is 5.91 Å². The van der Waals surface area contributed by atoms with Crippen molar-refractivity contribution in [1.82, 2.24) is 4.90 Å². The van der Waals surface area contributed by atoms with Crippen molar-refractivity contribution in [1.29, 1.82) is 0 Å². The number of hydrogen-bond acceptors (Lipinski definition) is 5. The van der Waals surface area contributed by atoms with E-state index in [0.29, 0.717) is 54.7 Å². The number of likely N-dealkylation sites (tertiary alicyclic amines) is 1. The van der Waals surface area contributed by atoms with E-state index in [0.717, 1.165) is 12.8 Å². The summed E-state index contributed by atoms with van der Waals surface area (Å²) in [6, 6.07) is 3.26. The maximum atomic E-state index is 12.7. The number of carbonyl (C=O) groups is 2. The van der Waals surface area contributed by atoms with Crippen LogP contribution in [-0.4, -0.2) is 56.7 Å². The first-order valence-corrected chi connectivity index (χ1v) is 9.54. The van der Waals surface area contributed by atoms with Crippen LogP contribution in [0.3, 0.4) is 0 Å². The van der Waals surface area contributed by atoms with Gasteiger partial charge in [0.05, 0.1) is 24.9 Å². The van der Waals surface area contributed by atoms with Gasteiger partial charge < -0.3 is 24.4 Å². The molecule has 148 valence electrons. The molecule has 0 aliphatic carbocycles. The van der Waals surface area contributed by atoms with Gasteiger partial charge in [-0.25, -0.2) is 0 Å². The number of rotatable bonds is 5. The maximum Gasteiger partial charge on any atom is 0.251 e. The van der Waals surface area contributed by atoms with E-state index in [4.69, 9.17) is 25.8 Å². The van der Waals surface area contributed by atoms with Gasteiger partial charge >= 0.3 is 0 Å². The number of amides is 2. The van der Waals surface area contributed by atoms with Crippen LogP contribution in [0.15, 0.2) is 12.1 Å². The first-order chi connectivity index (χ1) is 13.0. The number of hydrogen-bond donors (Lipinski definition) is 1. The van der Waals surface area contributed by atoms with Crippen LogP contribution in [0.25, 0.3) is 0 Å². The fourth-order valence-electron chi connectivity index (χ4n) is 3.53. The molecular formula is C19H25ClN2O5. The summed E-state index contributed by atoms with van der Waals surface area (Å²) in [5.74, 6) is 0.729. The molecule has 2 aliphatic rings. The van der Waals surface area contributed by atoms with Crippen molar-refractivity contribution in [2.75, 3.05) is 39.2 Å². The van der Waals surface area contributed by atoms with Gasteiger partial charge in [0.1, 0.15) is 17.6 Å². The lowest BCUT2D eigenvalue weighted by Crippen LogP contribution is -2.45. The summed E-state index contributed by atoms with van der Waals surface area (Å²) >= 11 is 6.10. The van der Waals surface area contributed by atoms with E-state index in [1.54, 1.807) is 12.1 Å². The van der Waals surface area contributed by atoms with E-state index in [1.165, 1.54) is 14.2 Å². The summed E-state index contributed by atoms with van der Waals surface area (Å²) in [4.78, 5) is 26.9. The van der Waals surface area contributed by atoms with Crippen molar-refractivity contribution in [2.24, 2.45) is 5.92 Å². The number of anilines is 1. The van der Waals surface area contributed by atoms with Crippen LogP contribution in [0.4, 0.5) is 5.69 Å². The third-order valence-electron chi connectivity index (χ3n) is 5.11. The van der Waals surface area contributed by atoms with Crippen molar-refractivity contribution >= 4 is 29.1 Å². The molecule has 0 bridgehead atoms. The van der Waals surface area contributed by atoms with E-state index >= 15 is 0 Å². The molecule has 0 aromatic heterocycles. The minimum absolute atomic E-state index is 0.0514. The third-order valence-corrected chi connectivity index (χ3v) is 5.41. The first-order valence-electron chi connectivity index (χ1n) is 9.16. The van der Waals surface area contributed by atoms with Crippen LogP contribution in [0.1, 0.15) is 25.7 Å². The van der Waals surface area contributed by atoms with Gasteiger partial charge in [-0.3, -0.25) is 9.59 Å². The second-order valence-electron chi connectivity index (χ2n) is 6.78. The zero-order valence-electron chi connectivity index (χ0n) is 15.6. The van der Waals surface area contributed by atoms with Gasteiger partial charge in [0.15, 0.2) is 0 Å². The van der Waals surface area contributed by atoms with Gasteiger partial charge in [0.2, 0.25) is 5.91 Å². The maximum absolute atomic E-state index is 12.7. The summed E-state index contributed by atoms with van der Waals surface area (Å²) in [5, 5.41) is 3.31. The van der Waals surface area contributed by atoms with Crippen molar-refractivity contribution in [3.05, 3.63) is 17.2 Å². The number of methoxy groups -OCH3 is 2. The lowest BCUT2D eigenvalue weighted by atomic mass is 9.95. The molecule has 0 spiro atoms. The molecule has 1 atom stereocenters. The zero-order valence-corrected chi connectivity index (χ0v) is 16.4. The molecule has 0 saturated carbocycles. The minimum atomic E-state index is -0.304. The van der Waals surface area contributed by atoms with Crippen LogP contribution < -0.4 is 14.8 Å². The van der Waals surface area contributed by atoms with Crippen molar-refractivity contribution in [3.63, 3.8) is 0 Å². The van der Waals surface area contributed by atoms with Gasteiger partial charge in [-0.1, -0.05) is 11.6 Å². The van der Waals surface area contributed by atoms with Crippen LogP contribution in [0.2, 0.25) is 5.02 Å². The number of nitrogens with zero attached hydrogens (tertiary/aromatic N) is 1. The normalized spacial score (nSPS) is 20.4. The van der Waals surface area contributed by atoms with E-state index in [9.17, 15) is 9.59 Å². The Bertz CT molecular complexity index is 698. The Balaban J connectivity index is 1.59. The highest BCUT2D eigenvalue weighted by molar-refractivity contribution is 6.32. The molecular weight excluding hydrogens is 372 g/mol. The molecule has 27 heavy (non-hydrogen) atoms. The van der Waals surface area contributed by atoms with E-state index in [-0.39, 0.29) is 23.8 Å². The summed E-state index contributed by atoms with van der Waals surface area (Å²) < 4.78 is 16.0. The fourth-order valence-corrected chi connectivity index (χ4v) is 3.76. The Kier molecular flexibility index (Phi) is 6.44. The molecule has 8 heteroatoms. The van der Waals surface area contributed by atoms with Crippen LogP contribution in [0, 0.1) is 5.92 Å². The predicted molar refractivity (Wildman–Crippen MR) is 101 cm³/mol. The molecule has 2 amide bonds.